The molecule has 4 heterocycles. The van der Waals surface area contributed by atoms with Gasteiger partial charge in [-0.2, -0.15) is 4.31 Å². The summed E-state index contributed by atoms with van der Waals surface area (Å²) in [6, 6.07) is 0. The Morgan fingerprint density at radius 2 is 2.05 bits per heavy atom. The normalized spacial score (nSPS) is 19.2. The quantitative estimate of drug-likeness (QED) is 0.367. The summed E-state index contributed by atoms with van der Waals surface area (Å²) in [7, 11) is -1.80. The van der Waals surface area contributed by atoms with Crippen LogP contribution >= 0.6 is 0 Å². The molecule has 0 spiro atoms. The number of rotatable bonds is 11. The number of allylic oxidation sites excluding steroid dienone is 2. The molecule has 2 aromatic rings. The molecule has 2 unspecified atom stereocenters. The van der Waals surface area contributed by atoms with Gasteiger partial charge in [-0.15, -0.1) is 0 Å². The number of nitrogens with zero attached hydrogens (tertiary/aromatic N) is 4. The van der Waals surface area contributed by atoms with Crippen LogP contribution in [0.2, 0.25) is 0 Å². The number of aromatic nitrogens is 2. The Kier molecular flexibility index (Phi) is 9.67. The number of amides is 1. The van der Waals surface area contributed by atoms with E-state index in [1.165, 1.54) is 35.2 Å². The predicted octanol–water partition coefficient (Wildman–Crippen LogP) is 1.26. The standard InChI is InChI=1S/C27H38FN5O7S/c1-17(5-6-18(2)28)13-19-14-30-22-23-25(19)40-20(15-31-8-10-32(11-9-31)41(4,37)38)16-33(23)27(36)21(24(22)34)26(35)29-7-12-39-3/h6,14,17,20,34H,5,7-13,15-16H2,1-4H3,(H,29,35). The highest BCUT2D eigenvalue weighted by Gasteiger charge is 2.33. The van der Waals surface area contributed by atoms with E-state index in [1.54, 1.807) is 6.20 Å². The summed E-state index contributed by atoms with van der Waals surface area (Å²) in [6.07, 6.45) is 4.75. The molecule has 1 saturated heterocycles. The lowest BCUT2D eigenvalue weighted by molar-refractivity contribution is 0.0887. The van der Waals surface area contributed by atoms with Crippen LogP contribution in [0.4, 0.5) is 4.39 Å². The maximum absolute atomic E-state index is 13.7. The Bertz CT molecular complexity index is 1480. The Morgan fingerprint density at radius 1 is 1.34 bits per heavy atom. The maximum Gasteiger partial charge on any atom is 0.268 e. The minimum Gasteiger partial charge on any atom is -0.505 e. The predicted molar refractivity (Wildman–Crippen MR) is 151 cm³/mol. The van der Waals surface area contributed by atoms with Gasteiger partial charge in [0, 0.05) is 58.1 Å². The number of methoxy groups -OCH3 is 1. The van der Waals surface area contributed by atoms with Gasteiger partial charge >= 0.3 is 0 Å². The summed E-state index contributed by atoms with van der Waals surface area (Å²) in [5.41, 5.74) is 0.0171. The number of hydrogen-bond donors (Lipinski definition) is 2. The molecule has 2 aliphatic heterocycles. The van der Waals surface area contributed by atoms with Crippen LogP contribution in [0.3, 0.4) is 0 Å². The van der Waals surface area contributed by atoms with E-state index in [-0.39, 0.29) is 37.0 Å². The lowest BCUT2D eigenvalue weighted by Gasteiger charge is -2.37. The Labute approximate surface area is 238 Å². The molecule has 1 amide bonds. The fourth-order valence-corrected chi connectivity index (χ4v) is 6.10. The first kappa shape index (κ1) is 30.9. The average molecular weight is 596 g/mol. The molecule has 41 heavy (non-hydrogen) atoms. The van der Waals surface area contributed by atoms with Crippen LogP contribution in [0.25, 0.3) is 11.0 Å². The molecule has 0 saturated carbocycles. The molecule has 0 bridgehead atoms. The number of pyridine rings is 2. The fourth-order valence-electron chi connectivity index (χ4n) is 5.27. The zero-order valence-corrected chi connectivity index (χ0v) is 24.7. The van der Waals surface area contributed by atoms with E-state index in [9.17, 15) is 27.5 Å². The topological polar surface area (TPSA) is 143 Å². The van der Waals surface area contributed by atoms with E-state index in [1.807, 2.05) is 6.92 Å². The van der Waals surface area contributed by atoms with Gasteiger partial charge in [0.25, 0.3) is 11.5 Å². The summed E-state index contributed by atoms with van der Waals surface area (Å²) in [4.78, 5) is 33.1. The van der Waals surface area contributed by atoms with E-state index < -0.39 is 38.9 Å². The van der Waals surface area contributed by atoms with Crippen molar-refractivity contribution in [1.29, 1.82) is 0 Å². The molecular formula is C27H38FN5O7S. The summed E-state index contributed by atoms with van der Waals surface area (Å²) in [5, 5.41) is 13.6. The number of carbonyl (C=O) groups excluding carboxylic acids is 1. The van der Waals surface area contributed by atoms with Gasteiger partial charge in [-0.05, 0) is 25.7 Å². The number of sulfonamides is 1. The summed E-state index contributed by atoms with van der Waals surface area (Å²) in [6.45, 7) is 5.98. The number of piperazine rings is 1. The third-order valence-corrected chi connectivity index (χ3v) is 8.70. The zero-order valence-electron chi connectivity index (χ0n) is 23.9. The first-order chi connectivity index (χ1) is 19.4. The van der Waals surface area contributed by atoms with Crippen molar-refractivity contribution < 1.29 is 32.2 Å². The molecular weight excluding hydrogens is 557 g/mol. The second kappa shape index (κ2) is 12.8. The van der Waals surface area contributed by atoms with Crippen LogP contribution < -0.4 is 15.6 Å². The lowest BCUT2D eigenvalue weighted by Crippen LogP contribution is -2.52. The number of ether oxygens (including phenoxy) is 2. The molecule has 0 aromatic carbocycles. The molecule has 226 valence electrons. The number of aromatic hydroxyl groups is 1. The van der Waals surface area contributed by atoms with Crippen LogP contribution in [0.15, 0.2) is 22.9 Å². The van der Waals surface area contributed by atoms with Gasteiger partial charge in [-0.1, -0.05) is 13.0 Å². The first-order valence-electron chi connectivity index (χ1n) is 13.6. The molecule has 0 radical (unpaired) electrons. The van der Waals surface area contributed by atoms with E-state index >= 15 is 0 Å². The van der Waals surface area contributed by atoms with E-state index in [0.29, 0.717) is 62.4 Å². The Hall–Kier alpha value is -3.07. The van der Waals surface area contributed by atoms with E-state index in [2.05, 4.69) is 15.2 Å². The van der Waals surface area contributed by atoms with Crippen molar-refractivity contribution in [2.75, 3.05) is 59.2 Å². The molecule has 0 aliphatic carbocycles. The van der Waals surface area contributed by atoms with Crippen molar-refractivity contribution in [3.05, 3.63) is 39.6 Å². The van der Waals surface area contributed by atoms with Crippen molar-refractivity contribution in [1.82, 2.24) is 24.1 Å². The van der Waals surface area contributed by atoms with Gasteiger partial charge < -0.3 is 19.9 Å². The molecule has 2 N–H and O–H groups in total. The van der Waals surface area contributed by atoms with Crippen molar-refractivity contribution in [2.45, 2.75) is 39.3 Å². The third kappa shape index (κ3) is 7.05. The minimum atomic E-state index is -3.28. The van der Waals surface area contributed by atoms with Crippen LogP contribution in [-0.4, -0.2) is 104 Å². The van der Waals surface area contributed by atoms with Crippen molar-refractivity contribution in [2.24, 2.45) is 5.92 Å². The minimum absolute atomic E-state index is 0.0313. The second-order valence-electron chi connectivity index (χ2n) is 10.7. The molecule has 2 aliphatic rings. The smallest absolute Gasteiger partial charge is 0.268 e. The zero-order chi connectivity index (χ0) is 29.9. The second-order valence-corrected chi connectivity index (χ2v) is 12.7. The van der Waals surface area contributed by atoms with E-state index in [4.69, 9.17) is 9.47 Å². The number of carbonyl (C=O) groups is 1. The summed E-state index contributed by atoms with van der Waals surface area (Å²) < 4.78 is 51.5. The fraction of sp³-hybridized carbons (Fsp3) is 0.593. The number of halogens is 1. The maximum atomic E-state index is 13.7. The van der Waals surface area contributed by atoms with Gasteiger partial charge in [-0.3, -0.25) is 24.0 Å². The molecule has 2 atom stereocenters. The number of nitrogens with one attached hydrogen (secondary N) is 1. The van der Waals surface area contributed by atoms with Gasteiger partial charge in [0.15, 0.2) is 11.5 Å². The van der Waals surface area contributed by atoms with E-state index in [0.717, 1.165) is 0 Å². The van der Waals surface area contributed by atoms with Crippen molar-refractivity contribution >= 4 is 27.0 Å². The molecule has 4 rings (SSSR count). The number of hydrogen-bond acceptors (Lipinski definition) is 9. The van der Waals surface area contributed by atoms with Crippen LogP contribution in [0.1, 0.15) is 36.2 Å². The van der Waals surface area contributed by atoms with Gasteiger partial charge in [0.05, 0.1) is 25.2 Å². The SMILES string of the molecule is COCCNC(=O)c1c(O)c2ncc(CC(C)CC=C(C)F)c3c2n(c1=O)CC(CN1CCN(S(C)(=O)=O)CC1)O3. The van der Waals surface area contributed by atoms with Crippen LogP contribution in [0.5, 0.6) is 11.5 Å². The highest BCUT2D eigenvalue weighted by molar-refractivity contribution is 7.88. The molecule has 14 heteroatoms. The third-order valence-electron chi connectivity index (χ3n) is 7.39. The summed E-state index contributed by atoms with van der Waals surface area (Å²) >= 11 is 0. The van der Waals surface area contributed by atoms with Gasteiger partial charge in [-0.25, -0.2) is 12.8 Å². The van der Waals surface area contributed by atoms with Crippen LogP contribution in [-0.2, 0) is 27.7 Å². The van der Waals surface area contributed by atoms with Gasteiger partial charge in [0.2, 0.25) is 10.0 Å². The van der Waals surface area contributed by atoms with Crippen molar-refractivity contribution in [3.63, 3.8) is 0 Å². The molecule has 1 fully saturated rings. The highest BCUT2D eigenvalue weighted by Crippen LogP contribution is 2.38. The summed E-state index contributed by atoms with van der Waals surface area (Å²) in [5.74, 6) is -1.09. The van der Waals surface area contributed by atoms with Gasteiger partial charge in [0.1, 0.15) is 22.7 Å². The highest BCUT2D eigenvalue weighted by atomic mass is 32.2. The monoisotopic (exact) mass is 595 g/mol. The lowest BCUT2D eigenvalue weighted by atomic mass is 9.97. The Balaban J connectivity index is 1.70. The Morgan fingerprint density at radius 3 is 2.68 bits per heavy atom. The first-order valence-corrected chi connectivity index (χ1v) is 15.5. The average Bonchev–Trinajstić information content (AvgIpc) is 2.91. The molecule has 12 nitrogen and oxygen atoms in total. The van der Waals surface area contributed by atoms with Crippen molar-refractivity contribution in [3.8, 4) is 11.5 Å². The largest absolute Gasteiger partial charge is 0.505 e. The van der Waals surface area contributed by atoms with Crippen LogP contribution in [0, 0.1) is 5.92 Å². The molecule has 2 aromatic heterocycles.